The Hall–Kier alpha value is -3.29. The van der Waals surface area contributed by atoms with E-state index in [0.29, 0.717) is 0 Å². The zero-order valence-corrected chi connectivity index (χ0v) is 17.8. The normalized spacial score (nSPS) is 11.7. The molecule has 5 nitrogen and oxygen atoms in total. The van der Waals surface area contributed by atoms with Crippen molar-refractivity contribution < 1.29 is 0 Å². The lowest BCUT2D eigenvalue weighted by atomic mass is 10.1. The summed E-state index contributed by atoms with van der Waals surface area (Å²) >= 11 is 8.69. The van der Waals surface area contributed by atoms with Crippen LogP contribution in [0.5, 0.6) is 0 Å². The summed E-state index contributed by atoms with van der Waals surface area (Å²) in [6.07, 6.45) is 13.0. The Balaban J connectivity index is 1.62. The van der Waals surface area contributed by atoms with Crippen molar-refractivity contribution in [3.05, 3.63) is 77.5 Å². The second kappa shape index (κ2) is 8.61. The largest absolute Gasteiger partial charge is 0.350 e. The van der Waals surface area contributed by atoms with Crippen LogP contribution in [0.3, 0.4) is 0 Å². The summed E-state index contributed by atoms with van der Waals surface area (Å²) in [6.45, 7) is 7.65. The van der Waals surface area contributed by atoms with Crippen LogP contribution >= 0.6 is 25.3 Å². The fourth-order valence-electron chi connectivity index (χ4n) is 3.07. The lowest BCUT2D eigenvalue weighted by Gasteiger charge is -1.92. The van der Waals surface area contributed by atoms with Crippen molar-refractivity contribution in [3.8, 4) is 11.3 Å². The molecule has 2 aliphatic rings. The number of rotatable bonds is 6. The lowest BCUT2D eigenvalue weighted by molar-refractivity contribution is 1.08. The zero-order chi connectivity index (χ0) is 21.1. The minimum Gasteiger partial charge on any atom is -0.350 e. The minimum atomic E-state index is 0.726. The zero-order valence-electron chi connectivity index (χ0n) is 16.0. The Labute approximate surface area is 185 Å². The van der Waals surface area contributed by atoms with Crippen LogP contribution in [-0.4, -0.2) is 25.1 Å². The number of aromatic amines is 2. The topological polar surface area (TPSA) is 70.2 Å². The standard InChI is InChI=1S/C23H19N5S2/c1-3-14-11-22(29)25-18(14)8-6-16-5-7-17-20(27-28-21(17)13-24-16)10-9-19-15(4-2)12-23(30)26-19/h3-13,25-26,29-30H,1-2H2/b8-6+,10-9+. The molecule has 0 saturated heterocycles. The number of hydrogen-bond acceptors (Lipinski definition) is 5. The molecule has 0 atom stereocenters. The first-order valence-electron chi connectivity index (χ1n) is 9.15. The second-order valence-corrected chi connectivity index (χ2v) is 7.49. The summed E-state index contributed by atoms with van der Waals surface area (Å²) in [5.74, 6) is 0. The number of nitrogens with zero attached hydrogens (tertiary/aromatic N) is 3. The highest BCUT2D eigenvalue weighted by Gasteiger charge is 2.11. The SMILES string of the molecule is C=Cc1cc(S)[nH]c1/C=C/c1ccc2c(/C=C/c3[nH]c(S)cc3C=C)nnc-2cn1. The summed E-state index contributed by atoms with van der Waals surface area (Å²) in [4.78, 5) is 10.9. The van der Waals surface area contributed by atoms with Crippen LogP contribution in [0.25, 0.3) is 47.7 Å². The van der Waals surface area contributed by atoms with Crippen LogP contribution in [0, 0.1) is 0 Å². The molecule has 2 N–H and O–H groups in total. The Kier molecular flexibility index (Phi) is 5.74. The van der Waals surface area contributed by atoms with Crippen LogP contribution < -0.4 is 0 Å². The maximum atomic E-state index is 4.51. The molecule has 148 valence electrons. The fraction of sp³-hybridized carbons (Fsp3) is 0. The molecular formula is C23H19N5S2. The first-order valence-corrected chi connectivity index (χ1v) is 10.0. The number of thiol groups is 2. The smallest absolute Gasteiger partial charge is 0.113 e. The summed E-state index contributed by atoms with van der Waals surface area (Å²) in [6, 6.07) is 7.76. The fourth-order valence-corrected chi connectivity index (χ4v) is 3.59. The van der Waals surface area contributed by atoms with Gasteiger partial charge in [0.25, 0.3) is 0 Å². The van der Waals surface area contributed by atoms with E-state index in [1.807, 2.05) is 48.6 Å². The molecule has 0 amide bonds. The molecule has 30 heavy (non-hydrogen) atoms. The average Bonchev–Trinajstić information content (AvgIpc) is 3.37. The third kappa shape index (κ3) is 4.17. The highest BCUT2D eigenvalue weighted by molar-refractivity contribution is 7.80. The highest BCUT2D eigenvalue weighted by atomic mass is 32.1. The van der Waals surface area contributed by atoms with Crippen LogP contribution in [0.1, 0.15) is 33.9 Å². The molecule has 0 aliphatic carbocycles. The van der Waals surface area contributed by atoms with Gasteiger partial charge in [-0.25, -0.2) is 0 Å². The summed E-state index contributed by atoms with van der Waals surface area (Å²) in [5.41, 5.74) is 7.02. The highest BCUT2D eigenvalue weighted by Crippen LogP contribution is 2.25. The van der Waals surface area contributed by atoms with E-state index in [9.17, 15) is 0 Å². The van der Waals surface area contributed by atoms with Gasteiger partial charge in [0, 0.05) is 17.0 Å². The lowest BCUT2D eigenvalue weighted by Crippen LogP contribution is -1.78. The Morgan fingerprint density at radius 1 is 0.800 bits per heavy atom. The Morgan fingerprint density at radius 2 is 1.43 bits per heavy atom. The van der Waals surface area contributed by atoms with E-state index in [2.05, 4.69) is 63.6 Å². The molecule has 0 aromatic carbocycles. The molecule has 2 aromatic rings. The predicted molar refractivity (Wildman–Crippen MR) is 131 cm³/mol. The van der Waals surface area contributed by atoms with Crippen molar-refractivity contribution in [3.63, 3.8) is 0 Å². The third-order valence-electron chi connectivity index (χ3n) is 4.57. The van der Waals surface area contributed by atoms with Gasteiger partial charge in [-0.2, -0.15) is 0 Å². The van der Waals surface area contributed by atoms with Gasteiger partial charge in [-0.1, -0.05) is 25.3 Å². The number of hydrogen-bond donors (Lipinski definition) is 4. The number of fused-ring (bicyclic) bond motifs is 1. The maximum Gasteiger partial charge on any atom is 0.113 e. The van der Waals surface area contributed by atoms with E-state index < -0.39 is 0 Å². The quantitative estimate of drug-likeness (QED) is 0.291. The van der Waals surface area contributed by atoms with Gasteiger partial charge >= 0.3 is 0 Å². The molecule has 4 rings (SSSR count). The molecule has 2 aliphatic heterocycles. The molecule has 0 saturated carbocycles. The summed E-state index contributed by atoms with van der Waals surface area (Å²) in [7, 11) is 0. The molecule has 4 heterocycles. The Bertz CT molecular complexity index is 1260. The van der Waals surface area contributed by atoms with Crippen LogP contribution in [-0.2, 0) is 0 Å². The van der Waals surface area contributed by atoms with Gasteiger partial charge in [0.15, 0.2) is 0 Å². The molecule has 7 heteroatoms. The van der Waals surface area contributed by atoms with Gasteiger partial charge in [-0.15, -0.1) is 35.5 Å². The van der Waals surface area contributed by atoms with Crippen molar-refractivity contribution in [1.82, 2.24) is 25.1 Å². The van der Waals surface area contributed by atoms with Gasteiger partial charge in [0.1, 0.15) is 5.69 Å². The van der Waals surface area contributed by atoms with Crippen LogP contribution in [0.4, 0.5) is 0 Å². The molecule has 2 aromatic heterocycles. The van der Waals surface area contributed by atoms with E-state index >= 15 is 0 Å². The molecule has 0 unspecified atom stereocenters. The molecule has 0 bridgehead atoms. The first kappa shape index (κ1) is 20.0. The van der Waals surface area contributed by atoms with Crippen LogP contribution in [0.2, 0.25) is 0 Å². The molecule has 0 fully saturated rings. The van der Waals surface area contributed by atoms with Gasteiger partial charge < -0.3 is 9.97 Å². The van der Waals surface area contributed by atoms with Gasteiger partial charge in [0.2, 0.25) is 0 Å². The van der Waals surface area contributed by atoms with Crippen molar-refractivity contribution in [1.29, 1.82) is 0 Å². The van der Waals surface area contributed by atoms with Crippen LogP contribution in [0.15, 0.2) is 53.7 Å². The van der Waals surface area contributed by atoms with Gasteiger partial charge in [-0.05, 0) is 59.7 Å². The molecule has 0 spiro atoms. The van der Waals surface area contributed by atoms with Crippen molar-refractivity contribution in [2.75, 3.05) is 0 Å². The molecular weight excluding hydrogens is 410 g/mol. The monoisotopic (exact) mass is 429 g/mol. The molecule has 0 radical (unpaired) electrons. The van der Waals surface area contributed by atoms with E-state index in [1.54, 1.807) is 18.3 Å². The summed E-state index contributed by atoms with van der Waals surface area (Å²) < 4.78 is 0. The average molecular weight is 430 g/mol. The second-order valence-electron chi connectivity index (χ2n) is 6.52. The Morgan fingerprint density at radius 3 is 2.07 bits per heavy atom. The van der Waals surface area contributed by atoms with E-state index in [0.717, 1.165) is 55.2 Å². The predicted octanol–water partition coefficient (Wildman–Crippen LogP) is 5.84. The van der Waals surface area contributed by atoms with E-state index in [1.165, 1.54) is 0 Å². The first-order chi connectivity index (χ1) is 14.6. The van der Waals surface area contributed by atoms with Crippen molar-refractivity contribution in [2.45, 2.75) is 10.1 Å². The minimum absolute atomic E-state index is 0.726. The van der Waals surface area contributed by atoms with E-state index in [4.69, 9.17) is 0 Å². The summed E-state index contributed by atoms with van der Waals surface area (Å²) in [5, 5.41) is 10.1. The number of nitrogens with one attached hydrogen (secondary N) is 2. The van der Waals surface area contributed by atoms with E-state index in [-0.39, 0.29) is 0 Å². The van der Waals surface area contributed by atoms with Crippen molar-refractivity contribution >= 4 is 61.7 Å². The van der Waals surface area contributed by atoms with Crippen molar-refractivity contribution in [2.24, 2.45) is 0 Å². The van der Waals surface area contributed by atoms with Gasteiger partial charge in [0.05, 0.1) is 27.6 Å². The van der Waals surface area contributed by atoms with Gasteiger partial charge in [-0.3, -0.25) is 4.98 Å². The third-order valence-corrected chi connectivity index (χ3v) is 5.06. The number of aromatic nitrogens is 5. The maximum absolute atomic E-state index is 4.51. The number of H-pyrrole nitrogens is 2.